The Morgan fingerprint density at radius 2 is 1.97 bits per heavy atom. The number of rotatable bonds is 5. The van der Waals surface area contributed by atoms with E-state index < -0.39 is 34.4 Å². The van der Waals surface area contributed by atoms with Crippen LogP contribution in [0.2, 0.25) is 0 Å². The quantitative estimate of drug-likeness (QED) is 0.473. The Balaban J connectivity index is 1.74. The molecule has 0 spiro atoms. The van der Waals surface area contributed by atoms with Gasteiger partial charge >= 0.3 is 5.97 Å². The van der Waals surface area contributed by atoms with Crippen LogP contribution in [0.15, 0.2) is 11.6 Å². The molecule has 0 aromatic carbocycles. The molecule has 3 saturated carbocycles. The zero-order valence-corrected chi connectivity index (χ0v) is 20.0. The van der Waals surface area contributed by atoms with Gasteiger partial charge in [-0.15, -0.1) is 0 Å². The van der Waals surface area contributed by atoms with Gasteiger partial charge < -0.3 is 14.9 Å². The third-order valence-corrected chi connectivity index (χ3v) is 9.57. The van der Waals surface area contributed by atoms with E-state index in [2.05, 4.69) is 6.92 Å². The SMILES string of the molecule is CCCC(=O)O[C@]1(C(=O)C(O)Cl)CC[C@H]2[C@@H]3CCC4=CC(=O)CC[C@]4(C)[C@H]3[C@@H](O)C[C@@]21C. The lowest BCUT2D eigenvalue weighted by molar-refractivity contribution is -0.203. The van der Waals surface area contributed by atoms with Gasteiger partial charge in [0.1, 0.15) is 0 Å². The van der Waals surface area contributed by atoms with Gasteiger partial charge in [0, 0.05) is 18.3 Å². The molecule has 1 unspecified atom stereocenters. The molecule has 4 aliphatic rings. The third-order valence-electron chi connectivity index (χ3n) is 9.37. The van der Waals surface area contributed by atoms with Crippen molar-refractivity contribution < 1.29 is 29.3 Å². The highest BCUT2D eigenvalue weighted by molar-refractivity contribution is 6.31. The van der Waals surface area contributed by atoms with Gasteiger partial charge in [0.15, 0.2) is 16.9 Å². The number of fused-ring (bicyclic) bond motifs is 5. The lowest BCUT2D eigenvalue weighted by atomic mass is 9.45. The monoisotopic (exact) mass is 466 g/mol. The molecule has 0 aliphatic heterocycles. The summed E-state index contributed by atoms with van der Waals surface area (Å²) in [5.74, 6) is -0.789. The third kappa shape index (κ3) is 3.32. The van der Waals surface area contributed by atoms with E-state index in [-0.39, 0.29) is 35.4 Å². The summed E-state index contributed by atoms with van der Waals surface area (Å²) in [6.07, 6.45) is 5.99. The van der Waals surface area contributed by atoms with Crippen LogP contribution >= 0.6 is 11.6 Å². The molecule has 32 heavy (non-hydrogen) atoms. The highest BCUT2D eigenvalue weighted by Gasteiger charge is 2.71. The van der Waals surface area contributed by atoms with E-state index >= 15 is 0 Å². The van der Waals surface area contributed by atoms with E-state index in [1.54, 1.807) is 6.08 Å². The van der Waals surface area contributed by atoms with E-state index in [4.69, 9.17) is 16.3 Å². The van der Waals surface area contributed by atoms with E-state index in [9.17, 15) is 24.6 Å². The maximum Gasteiger partial charge on any atom is 0.306 e. The minimum Gasteiger partial charge on any atom is -0.450 e. The topological polar surface area (TPSA) is 101 Å². The Morgan fingerprint density at radius 1 is 1.25 bits per heavy atom. The predicted molar refractivity (Wildman–Crippen MR) is 119 cm³/mol. The summed E-state index contributed by atoms with van der Waals surface area (Å²) in [4.78, 5) is 37.9. The minimum atomic E-state index is -1.77. The molecule has 0 aromatic heterocycles. The molecule has 4 aliphatic carbocycles. The van der Waals surface area contributed by atoms with E-state index in [0.29, 0.717) is 32.1 Å². The number of halogens is 1. The lowest BCUT2D eigenvalue weighted by Gasteiger charge is -2.60. The number of aliphatic hydroxyl groups excluding tert-OH is 2. The zero-order valence-electron chi connectivity index (χ0n) is 19.2. The smallest absolute Gasteiger partial charge is 0.306 e. The molecule has 0 amide bonds. The predicted octanol–water partition coefficient (Wildman–Crippen LogP) is 3.70. The second kappa shape index (κ2) is 8.21. The number of hydrogen-bond donors (Lipinski definition) is 2. The van der Waals surface area contributed by atoms with Crippen LogP contribution in [-0.4, -0.2) is 45.0 Å². The molecule has 8 atom stereocenters. The highest BCUT2D eigenvalue weighted by atomic mass is 35.5. The van der Waals surface area contributed by atoms with Crippen LogP contribution in [0.5, 0.6) is 0 Å². The molecule has 3 fully saturated rings. The molecule has 4 rings (SSSR count). The van der Waals surface area contributed by atoms with Crippen molar-refractivity contribution in [1.82, 2.24) is 0 Å². The summed E-state index contributed by atoms with van der Waals surface area (Å²) in [6, 6.07) is 0. The minimum absolute atomic E-state index is 0.00755. The van der Waals surface area contributed by atoms with Crippen molar-refractivity contribution in [1.29, 1.82) is 0 Å². The Hall–Kier alpha value is -1.24. The van der Waals surface area contributed by atoms with Crippen LogP contribution in [0.25, 0.3) is 0 Å². The van der Waals surface area contributed by atoms with Gasteiger partial charge in [-0.05, 0) is 74.2 Å². The first-order chi connectivity index (χ1) is 15.0. The number of aliphatic hydroxyl groups is 2. The molecule has 6 nitrogen and oxygen atoms in total. The summed E-state index contributed by atoms with van der Waals surface area (Å²) in [7, 11) is 0. The number of esters is 1. The van der Waals surface area contributed by atoms with Gasteiger partial charge in [-0.2, -0.15) is 0 Å². The molecule has 2 N–H and O–H groups in total. The Morgan fingerprint density at radius 3 is 2.62 bits per heavy atom. The highest BCUT2D eigenvalue weighted by Crippen LogP contribution is 2.68. The van der Waals surface area contributed by atoms with Crippen molar-refractivity contribution in [3.63, 3.8) is 0 Å². The van der Waals surface area contributed by atoms with E-state index in [1.165, 1.54) is 0 Å². The standard InChI is InChI=1S/C25H35ClO6/c1-4-5-19(29)32-25(21(30)22(26)31)11-9-17-16-7-6-14-12-15(27)8-10-23(14,2)20(16)18(28)13-24(17,25)3/h12,16-18,20,22,28,31H,4-11,13H2,1-3H3/t16-,17-,18-,20+,22?,23-,24-,25-/m0/s1. The van der Waals surface area contributed by atoms with E-state index in [1.807, 2.05) is 13.8 Å². The molecule has 0 saturated heterocycles. The van der Waals surface area contributed by atoms with Gasteiger partial charge in [-0.3, -0.25) is 14.4 Å². The van der Waals surface area contributed by atoms with Gasteiger partial charge in [-0.1, -0.05) is 37.9 Å². The zero-order chi connectivity index (χ0) is 23.5. The molecular weight excluding hydrogens is 432 g/mol. The van der Waals surface area contributed by atoms with Crippen molar-refractivity contribution in [2.75, 3.05) is 0 Å². The van der Waals surface area contributed by atoms with E-state index in [0.717, 1.165) is 24.8 Å². The number of carbonyl (C=O) groups excluding carboxylic acids is 3. The number of ketones is 2. The van der Waals surface area contributed by atoms with Crippen LogP contribution < -0.4 is 0 Å². The molecular formula is C25H35ClO6. The van der Waals surface area contributed by atoms with Crippen molar-refractivity contribution in [2.45, 2.75) is 95.8 Å². The largest absolute Gasteiger partial charge is 0.450 e. The van der Waals surface area contributed by atoms with Gasteiger partial charge in [0.05, 0.1) is 6.10 Å². The molecule has 0 bridgehead atoms. The summed E-state index contributed by atoms with van der Waals surface area (Å²) in [6.45, 7) is 5.97. The van der Waals surface area contributed by atoms with Gasteiger partial charge in [-0.25, -0.2) is 0 Å². The molecule has 7 heteroatoms. The number of alkyl halides is 1. The number of Topliss-reactive ketones (excluding diaryl/α,β-unsaturated/α-hetero) is 1. The van der Waals surface area contributed by atoms with Crippen LogP contribution in [0.1, 0.15) is 78.6 Å². The fourth-order valence-electron chi connectivity index (χ4n) is 7.94. The van der Waals surface area contributed by atoms with Crippen LogP contribution in [0.4, 0.5) is 0 Å². The van der Waals surface area contributed by atoms with Crippen molar-refractivity contribution in [3.05, 3.63) is 11.6 Å². The summed E-state index contributed by atoms with van der Waals surface area (Å²) < 4.78 is 5.91. The summed E-state index contributed by atoms with van der Waals surface area (Å²) in [5, 5.41) is 21.6. The Bertz CT molecular complexity index is 851. The first-order valence-corrected chi connectivity index (χ1v) is 12.4. The van der Waals surface area contributed by atoms with Crippen molar-refractivity contribution in [3.8, 4) is 0 Å². The molecule has 0 heterocycles. The second-order valence-corrected chi connectivity index (χ2v) is 11.3. The maximum atomic E-state index is 13.3. The Kier molecular flexibility index (Phi) is 6.13. The number of ether oxygens (including phenoxy) is 1. The number of hydrogen-bond acceptors (Lipinski definition) is 6. The number of carbonyl (C=O) groups is 3. The Labute approximate surface area is 194 Å². The first kappa shape index (κ1) is 23.9. The maximum absolute atomic E-state index is 13.3. The molecule has 0 aromatic rings. The molecule has 178 valence electrons. The van der Waals surface area contributed by atoms with Crippen molar-refractivity contribution >= 4 is 29.1 Å². The normalized spacial score (nSPS) is 44.1. The molecule has 0 radical (unpaired) electrons. The van der Waals surface area contributed by atoms with Gasteiger partial charge in [0.25, 0.3) is 0 Å². The fourth-order valence-corrected chi connectivity index (χ4v) is 8.12. The first-order valence-electron chi connectivity index (χ1n) is 12.0. The summed E-state index contributed by atoms with van der Waals surface area (Å²) in [5.41, 5.74) is -3.21. The average molecular weight is 467 g/mol. The average Bonchev–Trinajstić information content (AvgIpc) is 3.00. The second-order valence-electron chi connectivity index (χ2n) is 10.9. The fraction of sp³-hybridized carbons (Fsp3) is 0.800. The van der Waals surface area contributed by atoms with Crippen LogP contribution in [0, 0.1) is 28.6 Å². The van der Waals surface area contributed by atoms with Crippen molar-refractivity contribution in [2.24, 2.45) is 28.6 Å². The van der Waals surface area contributed by atoms with Gasteiger partial charge in [0.2, 0.25) is 5.78 Å². The van der Waals surface area contributed by atoms with Crippen LogP contribution in [-0.2, 0) is 19.1 Å². The lowest BCUT2D eigenvalue weighted by Crippen LogP contribution is -2.63. The number of allylic oxidation sites excluding steroid dienone is 1. The van der Waals surface area contributed by atoms with Crippen LogP contribution in [0.3, 0.4) is 0 Å². The summed E-state index contributed by atoms with van der Waals surface area (Å²) >= 11 is 5.87.